The number of carbonyl (C=O) groups is 1. The van der Waals surface area contributed by atoms with Crippen LogP contribution in [0.25, 0.3) is 39.5 Å². The molecule has 0 unspecified atom stereocenters. The molecule has 0 fully saturated rings. The fourth-order valence-corrected chi connectivity index (χ4v) is 4.28. The number of halogens is 1. The quantitative estimate of drug-likeness (QED) is 0.297. The molecular weight excluding hydrogens is 483 g/mol. The van der Waals surface area contributed by atoms with Crippen molar-refractivity contribution >= 4 is 5.97 Å². The van der Waals surface area contributed by atoms with Crippen LogP contribution in [0.15, 0.2) is 95.8 Å². The molecule has 5 aromatic rings. The van der Waals surface area contributed by atoms with E-state index in [9.17, 15) is 19.2 Å². The van der Waals surface area contributed by atoms with E-state index in [0.29, 0.717) is 28.1 Å². The largest absolute Gasteiger partial charge is 0.462 e. The molecule has 8 heteroatoms. The van der Waals surface area contributed by atoms with Gasteiger partial charge in [0.05, 0.1) is 23.7 Å². The van der Waals surface area contributed by atoms with E-state index < -0.39 is 17.3 Å². The minimum absolute atomic E-state index is 0.106. The van der Waals surface area contributed by atoms with Crippen molar-refractivity contribution in [3.63, 3.8) is 0 Å². The number of pyridine rings is 1. The van der Waals surface area contributed by atoms with Crippen LogP contribution in [-0.4, -0.2) is 27.3 Å². The summed E-state index contributed by atoms with van der Waals surface area (Å²) in [5.74, 6) is -1.16. The van der Waals surface area contributed by atoms with Crippen molar-refractivity contribution in [3.05, 3.63) is 118 Å². The summed E-state index contributed by atoms with van der Waals surface area (Å²) in [6.45, 7) is 1.77. The Kier molecular flexibility index (Phi) is 6.66. The lowest BCUT2D eigenvalue weighted by atomic mass is 9.98. The Morgan fingerprint density at radius 1 is 1.00 bits per heavy atom. The molecule has 3 aromatic carbocycles. The Morgan fingerprint density at radius 2 is 1.63 bits per heavy atom. The predicted octanol–water partition coefficient (Wildman–Crippen LogP) is 5.75. The highest BCUT2D eigenvalue weighted by Crippen LogP contribution is 2.34. The molecule has 0 aliphatic heterocycles. The van der Waals surface area contributed by atoms with Crippen LogP contribution >= 0.6 is 0 Å². The van der Waals surface area contributed by atoms with E-state index in [1.165, 1.54) is 12.1 Å². The van der Waals surface area contributed by atoms with Crippen LogP contribution in [0, 0.1) is 17.1 Å². The third-order valence-corrected chi connectivity index (χ3v) is 5.97. The number of esters is 1. The summed E-state index contributed by atoms with van der Waals surface area (Å²) in [4.78, 5) is 28.7. The molecule has 2 heterocycles. The molecule has 0 amide bonds. The van der Waals surface area contributed by atoms with Gasteiger partial charge < -0.3 is 9.72 Å². The van der Waals surface area contributed by atoms with Crippen molar-refractivity contribution in [2.24, 2.45) is 0 Å². The highest BCUT2D eigenvalue weighted by Gasteiger charge is 2.25. The van der Waals surface area contributed by atoms with Gasteiger partial charge in [-0.2, -0.15) is 10.4 Å². The van der Waals surface area contributed by atoms with E-state index in [1.807, 2.05) is 36.4 Å². The van der Waals surface area contributed by atoms with Gasteiger partial charge in [-0.1, -0.05) is 60.7 Å². The fraction of sp³-hybridized carbons (Fsp3) is 0.0667. The van der Waals surface area contributed by atoms with E-state index in [4.69, 9.17) is 9.84 Å². The van der Waals surface area contributed by atoms with Crippen LogP contribution in [0.1, 0.15) is 22.8 Å². The topological polar surface area (TPSA) is 101 Å². The first kappa shape index (κ1) is 24.4. The van der Waals surface area contributed by atoms with Crippen LogP contribution in [0.3, 0.4) is 0 Å². The van der Waals surface area contributed by atoms with E-state index in [1.54, 1.807) is 54.1 Å². The summed E-state index contributed by atoms with van der Waals surface area (Å²) in [5, 5.41) is 15.0. The SMILES string of the molecule is CCOC(=O)c1c(-c2ccccc2)cc(-c2nn(-c3ccc(F)cc3)c(-c3ccccc3)c2C#N)[nH]c1=O. The Bertz CT molecular complexity index is 1720. The summed E-state index contributed by atoms with van der Waals surface area (Å²) >= 11 is 0. The number of aromatic nitrogens is 3. The molecule has 0 aliphatic rings. The molecule has 1 N–H and O–H groups in total. The van der Waals surface area contributed by atoms with Gasteiger partial charge in [0.15, 0.2) is 0 Å². The molecule has 38 heavy (non-hydrogen) atoms. The van der Waals surface area contributed by atoms with Gasteiger partial charge in [-0.25, -0.2) is 13.9 Å². The van der Waals surface area contributed by atoms with Gasteiger partial charge in [0.2, 0.25) is 0 Å². The summed E-state index contributed by atoms with van der Waals surface area (Å²) in [5.41, 5.74) is 2.56. The standard InChI is InChI=1S/C30H21FN4O3/c1-2-38-30(37)26-23(19-9-5-3-6-10-19)17-25(33-29(26)36)27-24(18-32)28(20-11-7-4-8-12-20)35(34-27)22-15-13-21(31)14-16-22/h3-17H,2H2,1H3,(H,33,36). The number of carbonyl (C=O) groups excluding carboxylic acids is 1. The summed E-state index contributed by atoms with van der Waals surface area (Å²) in [6.07, 6.45) is 0. The number of benzene rings is 3. The maximum Gasteiger partial charge on any atom is 0.344 e. The number of H-pyrrole nitrogens is 1. The molecule has 0 saturated carbocycles. The molecule has 0 saturated heterocycles. The first-order valence-corrected chi connectivity index (χ1v) is 11.9. The average Bonchev–Trinajstić information content (AvgIpc) is 3.34. The highest BCUT2D eigenvalue weighted by molar-refractivity contribution is 5.98. The number of aromatic amines is 1. The molecule has 0 atom stereocenters. The molecule has 5 rings (SSSR count). The molecular formula is C30H21FN4O3. The van der Waals surface area contributed by atoms with Gasteiger partial charge in [0, 0.05) is 11.1 Å². The van der Waals surface area contributed by atoms with Gasteiger partial charge in [-0.15, -0.1) is 0 Å². The first-order valence-electron chi connectivity index (χ1n) is 11.9. The van der Waals surface area contributed by atoms with Crippen molar-refractivity contribution in [1.82, 2.24) is 14.8 Å². The molecule has 0 aliphatic carbocycles. The highest BCUT2D eigenvalue weighted by atomic mass is 19.1. The second-order valence-electron chi connectivity index (χ2n) is 8.33. The lowest BCUT2D eigenvalue weighted by Crippen LogP contribution is -2.22. The number of nitrogens with zero attached hydrogens (tertiary/aromatic N) is 3. The molecule has 0 bridgehead atoms. The zero-order valence-electron chi connectivity index (χ0n) is 20.3. The normalized spacial score (nSPS) is 10.7. The predicted molar refractivity (Wildman–Crippen MR) is 141 cm³/mol. The van der Waals surface area contributed by atoms with E-state index in [2.05, 4.69) is 11.1 Å². The van der Waals surface area contributed by atoms with Crippen molar-refractivity contribution in [1.29, 1.82) is 5.26 Å². The zero-order valence-corrected chi connectivity index (χ0v) is 20.3. The number of nitriles is 1. The second kappa shape index (κ2) is 10.4. The number of hydrogen-bond donors (Lipinski definition) is 1. The third-order valence-electron chi connectivity index (χ3n) is 5.97. The lowest BCUT2D eigenvalue weighted by Gasteiger charge is -2.10. The molecule has 7 nitrogen and oxygen atoms in total. The minimum atomic E-state index is -0.749. The molecule has 186 valence electrons. The van der Waals surface area contributed by atoms with Crippen molar-refractivity contribution in [3.8, 4) is 45.5 Å². The van der Waals surface area contributed by atoms with Gasteiger partial charge >= 0.3 is 5.97 Å². The Morgan fingerprint density at radius 3 is 2.24 bits per heavy atom. The second-order valence-corrected chi connectivity index (χ2v) is 8.33. The van der Waals surface area contributed by atoms with Crippen LogP contribution in [0.2, 0.25) is 0 Å². The van der Waals surface area contributed by atoms with E-state index in [-0.39, 0.29) is 29.1 Å². The number of hydrogen-bond acceptors (Lipinski definition) is 5. The minimum Gasteiger partial charge on any atom is -0.462 e. The lowest BCUT2D eigenvalue weighted by molar-refractivity contribution is 0.0525. The summed E-state index contributed by atoms with van der Waals surface area (Å²) in [6, 6.07) is 27.7. The number of nitrogens with one attached hydrogen (secondary N) is 1. The van der Waals surface area contributed by atoms with Gasteiger partial charge in [0.1, 0.15) is 28.7 Å². The Hall–Kier alpha value is -5.29. The van der Waals surface area contributed by atoms with Gasteiger partial charge in [-0.3, -0.25) is 4.79 Å². The van der Waals surface area contributed by atoms with Crippen LogP contribution in [0.4, 0.5) is 4.39 Å². The number of ether oxygens (including phenoxy) is 1. The number of rotatable bonds is 6. The van der Waals surface area contributed by atoms with Crippen molar-refractivity contribution in [2.45, 2.75) is 6.92 Å². The maximum absolute atomic E-state index is 13.7. The van der Waals surface area contributed by atoms with Gasteiger partial charge in [-0.05, 0) is 42.8 Å². The Balaban J connectivity index is 1.80. The Labute approximate surface area is 217 Å². The van der Waals surface area contributed by atoms with Crippen molar-refractivity contribution < 1.29 is 13.9 Å². The van der Waals surface area contributed by atoms with Crippen LogP contribution in [-0.2, 0) is 4.74 Å². The monoisotopic (exact) mass is 504 g/mol. The summed E-state index contributed by atoms with van der Waals surface area (Å²) in [7, 11) is 0. The molecule has 2 aromatic heterocycles. The first-order chi connectivity index (χ1) is 18.5. The van der Waals surface area contributed by atoms with E-state index >= 15 is 0 Å². The zero-order chi connectivity index (χ0) is 26.6. The molecule has 0 radical (unpaired) electrons. The fourth-order valence-electron chi connectivity index (χ4n) is 4.28. The van der Waals surface area contributed by atoms with Gasteiger partial charge in [0.25, 0.3) is 5.56 Å². The smallest absolute Gasteiger partial charge is 0.344 e. The summed E-state index contributed by atoms with van der Waals surface area (Å²) < 4.78 is 20.4. The van der Waals surface area contributed by atoms with Crippen LogP contribution in [0.5, 0.6) is 0 Å². The molecule has 0 spiro atoms. The van der Waals surface area contributed by atoms with Crippen molar-refractivity contribution in [2.75, 3.05) is 6.61 Å². The third kappa shape index (κ3) is 4.49. The van der Waals surface area contributed by atoms with E-state index in [0.717, 1.165) is 0 Å². The maximum atomic E-state index is 13.7. The average molecular weight is 505 g/mol. The van der Waals surface area contributed by atoms with Crippen LogP contribution < -0.4 is 5.56 Å².